The molecule has 1 aromatic heterocycles. The lowest BCUT2D eigenvalue weighted by molar-refractivity contribution is -0.130. The van der Waals surface area contributed by atoms with Gasteiger partial charge in [0.2, 0.25) is 6.10 Å². The Kier molecular flexibility index (Phi) is 5.47. The van der Waals surface area contributed by atoms with Crippen LogP contribution in [0.1, 0.15) is 35.0 Å². The van der Waals surface area contributed by atoms with E-state index in [1.165, 1.54) is 6.20 Å². The third-order valence-corrected chi connectivity index (χ3v) is 4.84. The minimum atomic E-state index is -1.11. The summed E-state index contributed by atoms with van der Waals surface area (Å²) < 4.78 is 5.39. The van der Waals surface area contributed by atoms with Gasteiger partial charge in [-0.25, -0.2) is 9.78 Å². The highest BCUT2D eigenvalue weighted by Gasteiger charge is 2.32. The van der Waals surface area contributed by atoms with Crippen molar-refractivity contribution in [1.29, 1.82) is 0 Å². The summed E-state index contributed by atoms with van der Waals surface area (Å²) in [5.41, 5.74) is 0.349. The van der Waals surface area contributed by atoms with Gasteiger partial charge in [-0.1, -0.05) is 65.1 Å². The highest BCUT2D eigenvalue weighted by molar-refractivity contribution is 6.48. The first-order valence-electron chi connectivity index (χ1n) is 7.53. The van der Waals surface area contributed by atoms with Gasteiger partial charge in [0, 0.05) is 17.8 Å². The molecule has 130 valence electrons. The second kappa shape index (κ2) is 7.60. The molecule has 1 N–H and O–H groups in total. The summed E-state index contributed by atoms with van der Waals surface area (Å²) >= 11 is 17.8. The Morgan fingerprint density at radius 2 is 1.80 bits per heavy atom. The van der Waals surface area contributed by atoms with Crippen LogP contribution in [0.5, 0.6) is 0 Å². The zero-order valence-corrected chi connectivity index (χ0v) is 15.1. The van der Waals surface area contributed by atoms with E-state index in [-0.39, 0.29) is 26.8 Å². The maximum atomic E-state index is 12.5. The van der Waals surface area contributed by atoms with E-state index in [0.29, 0.717) is 5.56 Å². The molecule has 0 saturated heterocycles. The van der Waals surface area contributed by atoms with Crippen molar-refractivity contribution in [2.45, 2.75) is 25.0 Å². The standard InChI is InChI=1S/C17H13Cl3N2O3/c18-11-8-21-14(13(20)12(11)19)17(24)25-15(9-4-2-1-3-5-9)16(23)22-10-6-7-10/h1-5,8,10,15H,6-7H2,(H,22,23)/t15-/m1/s1. The van der Waals surface area contributed by atoms with Crippen LogP contribution >= 0.6 is 34.8 Å². The van der Waals surface area contributed by atoms with Crippen molar-refractivity contribution in [2.24, 2.45) is 0 Å². The van der Waals surface area contributed by atoms with Gasteiger partial charge in [-0.15, -0.1) is 0 Å². The van der Waals surface area contributed by atoms with E-state index in [4.69, 9.17) is 39.5 Å². The number of halogens is 3. The van der Waals surface area contributed by atoms with Crippen LogP contribution in [0.2, 0.25) is 15.1 Å². The monoisotopic (exact) mass is 398 g/mol. The van der Waals surface area contributed by atoms with Crippen LogP contribution in [0.15, 0.2) is 36.5 Å². The molecule has 0 unspecified atom stereocenters. The fraction of sp³-hybridized carbons (Fsp3) is 0.235. The number of ether oxygens (including phenoxy) is 1. The molecular weight excluding hydrogens is 387 g/mol. The largest absolute Gasteiger partial charge is 0.443 e. The number of hydrogen-bond acceptors (Lipinski definition) is 4. The van der Waals surface area contributed by atoms with Crippen LogP contribution in [-0.2, 0) is 9.53 Å². The van der Waals surface area contributed by atoms with E-state index in [1.54, 1.807) is 30.3 Å². The van der Waals surface area contributed by atoms with Crippen molar-refractivity contribution >= 4 is 46.7 Å². The quantitative estimate of drug-likeness (QED) is 0.764. The molecule has 5 nitrogen and oxygen atoms in total. The molecule has 1 aromatic carbocycles. The number of nitrogens with zero attached hydrogens (tertiary/aromatic N) is 1. The van der Waals surface area contributed by atoms with Gasteiger partial charge in [0.25, 0.3) is 5.91 Å². The van der Waals surface area contributed by atoms with Crippen LogP contribution in [0.25, 0.3) is 0 Å². The van der Waals surface area contributed by atoms with Crippen LogP contribution in [0.4, 0.5) is 0 Å². The van der Waals surface area contributed by atoms with Crippen molar-refractivity contribution < 1.29 is 14.3 Å². The molecule has 0 radical (unpaired) electrons. The number of esters is 1. The second-order valence-corrected chi connectivity index (χ2v) is 6.72. The molecule has 0 aliphatic heterocycles. The van der Waals surface area contributed by atoms with E-state index in [9.17, 15) is 9.59 Å². The number of pyridine rings is 1. The lowest BCUT2D eigenvalue weighted by Crippen LogP contribution is -2.33. The van der Waals surface area contributed by atoms with Gasteiger partial charge in [0.15, 0.2) is 5.69 Å². The van der Waals surface area contributed by atoms with Crippen LogP contribution < -0.4 is 5.32 Å². The summed E-state index contributed by atoms with van der Waals surface area (Å²) in [4.78, 5) is 28.8. The number of rotatable bonds is 5. The predicted molar refractivity (Wildman–Crippen MR) is 95.0 cm³/mol. The lowest BCUT2D eigenvalue weighted by atomic mass is 10.1. The Balaban J connectivity index is 1.85. The van der Waals surface area contributed by atoms with E-state index in [0.717, 1.165) is 12.8 Å². The first-order chi connectivity index (χ1) is 12.0. The van der Waals surface area contributed by atoms with E-state index in [2.05, 4.69) is 10.3 Å². The Hall–Kier alpha value is -1.82. The van der Waals surface area contributed by atoms with Crippen molar-refractivity contribution in [3.8, 4) is 0 Å². The third-order valence-electron chi connectivity index (χ3n) is 3.60. The van der Waals surface area contributed by atoms with Gasteiger partial charge in [-0.05, 0) is 12.8 Å². The van der Waals surface area contributed by atoms with Crippen LogP contribution in [0.3, 0.4) is 0 Å². The average Bonchev–Trinajstić information content (AvgIpc) is 3.42. The number of nitrogens with one attached hydrogen (secondary N) is 1. The highest BCUT2D eigenvalue weighted by atomic mass is 35.5. The number of carbonyl (C=O) groups is 2. The molecule has 0 spiro atoms. The molecule has 3 rings (SSSR count). The van der Waals surface area contributed by atoms with E-state index >= 15 is 0 Å². The molecule has 1 fully saturated rings. The average molecular weight is 400 g/mol. The third kappa shape index (κ3) is 4.24. The van der Waals surface area contributed by atoms with Crippen molar-refractivity contribution in [2.75, 3.05) is 0 Å². The zero-order valence-electron chi connectivity index (χ0n) is 12.8. The summed E-state index contributed by atoms with van der Waals surface area (Å²) in [7, 11) is 0. The van der Waals surface area contributed by atoms with Gasteiger partial charge in [0.1, 0.15) is 0 Å². The molecule has 1 atom stereocenters. The van der Waals surface area contributed by atoms with Crippen LogP contribution in [0, 0.1) is 0 Å². The molecule has 1 saturated carbocycles. The second-order valence-electron chi connectivity index (χ2n) is 5.56. The number of carbonyl (C=O) groups excluding carboxylic acids is 2. The van der Waals surface area contributed by atoms with Crippen molar-refractivity contribution in [3.63, 3.8) is 0 Å². The zero-order chi connectivity index (χ0) is 18.0. The fourth-order valence-electron chi connectivity index (χ4n) is 2.15. The SMILES string of the molecule is O=C(O[C@@H](C(=O)NC1CC1)c1ccccc1)c1ncc(Cl)c(Cl)c1Cl. The summed E-state index contributed by atoms with van der Waals surface area (Å²) in [5, 5.41) is 2.83. The number of aromatic nitrogens is 1. The van der Waals surface area contributed by atoms with Gasteiger partial charge in [0.05, 0.1) is 15.1 Å². The smallest absolute Gasteiger partial charge is 0.359 e. The number of amides is 1. The molecular formula is C17H13Cl3N2O3. The van der Waals surface area contributed by atoms with Crippen molar-refractivity contribution in [3.05, 3.63) is 62.9 Å². The first kappa shape index (κ1) is 18.0. The maximum Gasteiger partial charge on any atom is 0.359 e. The molecule has 8 heteroatoms. The molecule has 1 amide bonds. The minimum absolute atomic E-state index is 0.00368. The summed E-state index contributed by atoms with van der Waals surface area (Å²) in [6, 6.07) is 8.85. The molecule has 0 bridgehead atoms. The Morgan fingerprint density at radius 1 is 1.12 bits per heavy atom. The minimum Gasteiger partial charge on any atom is -0.443 e. The highest BCUT2D eigenvalue weighted by Crippen LogP contribution is 2.32. The Labute approximate surface area is 159 Å². The van der Waals surface area contributed by atoms with Crippen molar-refractivity contribution in [1.82, 2.24) is 10.3 Å². The maximum absolute atomic E-state index is 12.5. The summed E-state index contributed by atoms with van der Waals surface area (Å²) in [5.74, 6) is -1.25. The molecule has 1 heterocycles. The Bertz CT molecular complexity index is 810. The predicted octanol–water partition coefficient (Wildman–Crippen LogP) is 4.22. The van der Waals surface area contributed by atoms with Gasteiger partial charge >= 0.3 is 5.97 Å². The molecule has 25 heavy (non-hydrogen) atoms. The van der Waals surface area contributed by atoms with Gasteiger partial charge < -0.3 is 10.1 Å². The first-order valence-corrected chi connectivity index (χ1v) is 8.66. The summed E-state index contributed by atoms with van der Waals surface area (Å²) in [6.45, 7) is 0. The molecule has 2 aromatic rings. The van der Waals surface area contributed by atoms with E-state index in [1.807, 2.05) is 0 Å². The number of hydrogen-bond donors (Lipinski definition) is 1. The normalized spacial score (nSPS) is 14.7. The van der Waals surface area contributed by atoms with Crippen LogP contribution in [-0.4, -0.2) is 22.9 Å². The lowest BCUT2D eigenvalue weighted by Gasteiger charge is -2.18. The fourth-order valence-corrected chi connectivity index (χ4v) is 2.71. The molecule has 1 aliphatic rings. The van der Waals surface area contributed by atoms with Gasteiger partial charge in [-0.2, -0.15) is 0 Å². The summed E-state index contributed by atoms with van der Waals surface area (Å²) in [6.07, 6.45) is 1.93. The molecule has 1 aliphatic carbocycles. The topological polar surface area (TPSA) is 68.3 Å². The van der Waals surface area contributed by atoms with Gasteiger partial charge in [-0.3, -0.25) is 4.79 Å². The van der Waals surface area contributed by atoms with E-state index < -0.39 is 18.0 Å². The number of benzene rings is 1. The Morgan fingerprint density at radius 3 is 2.44 bits per heavy atom.